The molecule has 3 rings (SSSR count). The maximum Gasteiger partial charge on any atom is 0.239 e. The van der Waals surface area contributed by atoms with Gasteiger partial charge < -0.3 is 5.32 Å². The van der Waals surface area contributed by atoms with Crippen molar-refractivity contribution in [2.75, 3.05) is 5.32 Å². The van der Waals surface area contributed by atoms with Gasteiger partial charge in [-0.3, -0.25) is 19.2 Å². The molecule has 32 heavy (non-hydrogen) atoms. The average Bonchev–Trinajstić information content (AvgIpc) is 2.79. The molecule has 1 amide bonds. The highest BCUT2D eigenvalue weighted by Crippen LogP contribution is 2.35. The van der Waals surface area contributed by atoms with E-state index in [0.29, 0.717) is 12.1 Å². The Morgan fingerprint density at radius 1 is 0.969 bits per heavy atom. The van der Waals surface area contributed by atoms with Gasteiger partial charge in [-0.1, -0.05) is 74.8 Å². The lowest BCUT2D eigenvalue weighted by Gasteiger charge is -2.24. The van der Waals surface area contributed by atoms with Crippen molar-refractivity contribution in [3.63, 3.8) is 0 Å². The molecule has 0 bridgehead atoms. The smallest absolute Gasteiger partial charge is 0.239 e. The molecule has 0 spiro atoms. The molecule has 1 N–H and O–H groups in total. The molecule has 1 aliphatic rings. The summed E-state index contributed by atoms with van der Waals surface area (Å²) >= 11 is 6.28. The van der Waals surface area contributed by atoms with Gasteiger partial charge in [0.25, 0.3) is 0 Å². The monoisotopic (exact) mass is 451 g/mol. The van der Waals surface area contributed by atoms with Crippen molar-refractivity contribution in [1.82, 2.24) is 0 Å². The van der Waals surface area contributed by atoms with E-state index in [9.17, 15) is 19.2 Å². The quantitative estimate of drug-likeness (QED) is 0.565. The minimum atomic E-state index is -1.48. The number of Topliss-reactive ketones (excluding diaryl/α,β-unsaturated/α-hetero) is 3. The number of rotatable bonds is 7. The molecule has 2 atom stereocenters. The molecule has 5 nitrogen and oxygen atoms in total. The minimum Gasteiger partial charge on any atom is -0.325 e. The van der Waals surface area contributed by atoms with Gasteiger partial charge in [0, 0.05) is 22.4 Å². The lowest BCUT2D eigenvalue weighted by Crippen LogP contribution is -2.36. The third kappa shape index (κ3) is 4.17. The van der Waals surface area contributed by atoms with Gasteiger partial charge in [0.1, 0.15) is 11.7 Å². The van der Waals surface area contributed by atoms with Crippen molar-refractivity contribution in [2.24, 2.45) is 5.92 Å². The van der Waals surface area contributed by atoms with Crippen LogP contribution in [0.5, 0.6) is 0 Å². The number of halogens is 1. The van der Waals surface area contributed by atoms with Crippen LogP contribution in [0.4, 0.5) is 5.69 Å². The van der Waals surface area contributed by atoms with Gasteiger partial charge in [-0.05, 0) is 36.8 Å². The van der Waals surface area contributed by atoms with Gasteiger partial charge in [-0.15, -0.1) is 0 Å². The largest absolute Gasteiger partial charge is 0.325 e. The van der Waals surface area contributed by atoms with Crippen molar-refractivity contribution >= 4 is 40.5 Å². The van der Waals surface area contributed by atoms with E-state index < -0.39 is 29.2 Å². The Balaban J connectivity index is 2.08. The second kappa shape index (κ2) is 9.61. The van der Waals surface area contributed by atoms with Crippen LogP contribution < -0.4 is 5.32 Å². The first-order valence-corrected chi connectivity index (χ1v) is 11.1. The fraction of sp³-hybridized carbons (Fsp3) is 0.308. The van der Waals surface area contributed by atoms with E-state index in [1.807, 2.05) is 25.1 Å². The number of allylic oxidation sites excluding steroid dienone is 1. The van der Waals surface area contributed by atoms with Crippen molar-refractivity contribution in [3.8, 4) is 0 Å². The highest BCUT2D eigenvalue weighted by molar-refractivity contribution is 6.50. The Hall–Kier alpha value is -3.05. The number of carbonyl (C=O) groups excluding carboxylic acids is 4. The Morgan fingerprint density at radius 2 is 1.59 bits per heavy atom. The molecular weight excluding hydrogens is 426 g/mol. The molecule has 0 aliphatic heterocycles. The Bertz CT molecular complexity index is 1150. The summed E-state index contributed by atoms with van der Waals surface area (Å²) < 4.78 is 0. The summed E-state index contributed by atoms with van der Waals surface area (Å²) in [6, 6.07) is 12.1. The highest BCUT2D eigenvalue weighted by Gasteiger charge is 2.40. The van der Waals surface area contributed by atoms with E-state index in [1.165, 1.54) is 19.1 Å². The summed E-state index contributed by atoms with van der Waals surface area (Å²) in [7, 11) is 0. The van der Waals surface area contributed by atoms with E-state index in [2.05, 4.69) is 19.2 Å². The van der Waals surface area contributed by atoms with Gasteiger partial charge in [0.05, 0.1) is 5.03 Å². The second-order valence-electron chi connectivity index (χ2n) is 8.01. The highest BCUT2D eigenvalue weighted by atomic mass is 35.5. The number of hydrogen-bond acceptors (Lipinski definition) is 4. The SMILES string of the molecule is CCc1cccc([C@@H](C)CC)c1NC(=O)[C@H](C(C)=O)C1=C(Cl)C(=O)c2ccccc2C1=O. The van der Waals surface area contributed by atoms with Crippen molar-refractivity contribution in [1.29, 1.82) is 0 Å². The fourth-order valence-electron chi connectivity index (χ4n) is 4.03. The first-order valence-electron chi connectivity index (χ1n) is 10.7. The maximum absolute atomic E-state index is 13.4. The third-order valence-electron chi connectivity index (χ3n) is 6.01. The number of nitrogens with one attached hydrogen (secondary N) is 1. The van der Waals surface area contributed by atoms with Crippen LogP contribution in [0.1, 0.15) is 71.9 Å². The molecule has 0 radical (unpaired) electrons. The van der Waals surface area contributed by atoms with Gasteiger partial charge in [-0.2, -0.15) is 0 Å². The van der Waals surface area contributed by atoms with Gasteiger partial charge in [-0.25, -0.2) is 0 Å². The molecule has 0 saturated heterocycles. The first kappa shape index (κ1) is 23.6. The number of aryl methyl sites for hydroxylation is 1. The van der Waals surface area contributed by atoms with Crippen molar-refractivity contribution in [3.05, 3.63) is 75.3 Å². The lowest BCUT2D eigenvalue weighted by molar-refractivity contribution is -0.128. The predicted octanol–water partition coefficient (Wildman–Crippen LogP) is 5.48. The summed E-state index contributed by atoms with van der Waals surface area (Å²) in [6.45, 7) is 7.32. The zero-order valence-electron chi connectivity index (χ0n) is 18.6. The molecule has 2 aromatic carbocycles. The molecule has 2 aromatic rings. The Labute approximate surface area is 192 Å². The Morgan fingerprint density at radius 3 is 2.16 bits per heavy atom. The van der Waals surface area contributed by atoms with E-state index >= 15 is 0 Å². The number of carbonyl (C=O) groups is 4. The molecule has 6 heteroatoms. The van der Waals surface area contributed by atoms with Crippen LogP contribution in [0.2, 0.25) is 0 Å². The number of hydrogen-bond donors (Lipinski definition) is 1. The summed E-state index contributed by atoms with van der Waals surface area (Å²) in [4.78, 5) is 52.0. The number of fused-ring (bicyclic) bond motifs is 1. The molecule has 0 fully saturated rings. The predicted molar refractivity (Wildman–Crippen MR) is 125 cm³/mol. The first-order chi connectivity index (χ1) is 15.2. The zero-order valence-corrected chi connectivity index (χ0v) is 19.4. The molecule has 0 aromatic heterocycles. The third-order valence-corrected chi connectivity index (χ3v) is 6.38. The molecule has 1 aliphatic carbocycles. The fourth-order valence-corrected chi connectivity index (χ4v) is 4.33. The lowest BCUT2D eigenvalue weighted by atomic mass is 9.81. The number of amides is 1. The van der Waals surface area contributed by atoms with Crippen LogP contribution in [-0.4, -0.2) is 23.3 Å². The number of para-hydroxylation sites is 1. The van der Waals surface area contributed by atoms with Crippen LogP contribution in [0.25, 0.3) is 0 Å². The summed E-state index contributed by atoms with van der Waals surface area (Å²) in [5.41, 5.74) is 2.58. The summed E-state index contributed by atoms with van der Waals surface area (Å²) in [5, 5.41) is 2.51. The maximum atomic E-state index is 13.4. The molecule has 166 valence electrons. The molecule has 0 unspecified atom stereocenters. The van der Waals surface area contributed by atoms with E-state index in [1.54, 1.807) is 12.1 Å². The Kier molecular flexibility index (Phi) is 7.09. The van der Waals surface area contributed by atoms with Crippen LogP contribution in [-0.2, 0) is 16.0 Å². The van der Waals surface area contributed by atoms with E-state index in [4.69, 9.17) is 11.6 Å². The topological polar surface area (TPSA) is 80.3 Å². The average molecular weight is 452 g/mol. The second-order valence-corrected chi connectivity index (χ2v) is 8.39. The van der Waals surface area contributed by atoms with Crippen LogP contribution in [0.15, 0.2) is 53.1 Å². The van der Waals surface area contributed by atoms with Crippen molar-refractivity contribution < 1.29 is 19.2 Å². The van der Waals surface area contributed by atoms with Gasteiger partial charge >= 0.3 is 0 Å². The summed E-state index contributed by atoms with van der Waals surface area (Å²) in [5.74, 6) is -3.68. The van der Waals surface area contributed by atoms with Crippen LogP contribution >= 0.6 is 11.6 Å². The van der Waals surface area contributed by atoms with E-state index in [-0.39, 0.29) is 27.7 Å². The number of anilines is 1. The zero-order chi connectivity index (χ0) is 23.6. The number of benzene rings is 2. The molecule has 0 saturated carbocycles. The van der Waals surface area contributed by atoms with Crippen molar-refractivity contribution in [2.45, 2.75) is 46.5 Å². The minimum absolute atomic E-state index is 0.144. The van der Waals surface area contributed by atoms with Gasteiger partial charge in [0.15, 0.2) is 5.78 Å². The number of ketones is 3. The normalized spacial score (nSPS) is 15.3. The van der Waals surface area contributed by atoms with Gasteiger partial charge in [0.2, 0.25) is 11.7 Å². The molecule has 0 heterocycles. The van der Waals surface area contributed by atoms with E-state index in [0.717, 1.165) is 17.5 Å². The van der Waals surface area contributed by atoms with Crippen LogP contribution in [0.3, 0.4) is 0 Å². The standard InChI is InChI=1S/C26H26ClNO4/c1-5-14(3)17-13-9-10-16(6-2)23(17)28-26(32)20(15(4)29)21-22(27)25(31)19-12-8-7-11-18(19)24(21)30/h7-14,20H,5-6H2,1-4H3,(H,28,32)/t14-,20+/m0/s1. The molecular formula is C26H26ClNO4. The summed E-state index contributed by atoms with van der Waals surface area (Å²) in [6.07, 6.45) is 1.55. The van der Waals surface area contributed by atoms with Crippen LogP contribution in [0, 0.1) is 5.92 Å².